The van der Waals surface area contributed by atoms with Gasteiger partial charge in [0.1, 0.15) is 6.04 Å². The van der Waals surface area contributed by atoms with Crippen LogP contribution in [0, 0.1) is 12.7 Å². The summed E-state index contributed by atoms with van der Waals surface area (Å²) in [6.45, 7) is 2.56. The number of aryl methyl sites for hydroxylation is 1. The molecule has 0 radical (unpaired) electrons. The largest absolute Gasteiger partial charge is 0.377 e. The van der Waals surface area contributed by atoms with E-state index in [-0.39, 0.29) is 45.3 Å². The van der Waals surface area contributed by atoms with E-state index < -0.39 is 21.9 Å². The first-order valence-electron chi connectivity index (χ1n) is 10.9. The summed E-state index contributed by atoms with van der Waals surface area (Å²) in [5.74, 6) is -1.37. The molecule has 0 saturated carbocycles. The molecule has 36 heavy (non-hydrogen) atoms. The molecule has 2 N–H and O–H groups in total. The summed E-state index contributed by atoms with van der Waals surface area (Å²) in [4.78, 5) is 24.9. The number of carbonyl (C=O) groups is 1. The van der Waals surface area contributed by atoms with Crippen LogP contribution < -0.4 is 10.6 Å². The lowest BCUT2D eigenvalue weighted by Crippen LogP contribution is -2.40. The topological polar surface area (TPSA) is 128 Å². The number of amides is 1. The number of aromatic nitrogens is 4. The van der Waals surface area contributed by atoms with Gasteiger partial charge in [-0.3, -0.25) is 4.79 Å². The van der Waals surface area contributed by atoms with Gasteiger partial charge in [0.05, 0.1) is 29.3 Å². The highest BCUT2D eigenvalue weighted by molar-refractivity contribution is 7.90. The predicted octanol–water partition coefficient (Wildman–Crippen LogP) is 2.76. The second-order valence-electron chi connectivity index (χ2n) is 8.13. The molecule has 13 heteroatoms. The number of fused-ring (bicyclic) bond motifs is 1. The molecule has 4 heterocycles. The maximum absolute atomic E-state index is 14.6. The number of halogens is 2. The van der Waals surface area contributed by atoms with Crippen LogP contribution in [-0.4, -0.2) is 59.0 Å². The van der Waals surface area contributed by atoms with E-state index in [1.807, 2.05) is 6.92 Å². The summed E-state index contributed by atoms with van der Waals surface area (Å²) in [5, 5.41) is 6.03. The number of ether oxygens (including phenoxy) is 1. The Morgan fingerprint density at radius 1 is 1.22 bits per heavy atom. The average molecular weight is 531 g/mol. The van der Waals surface area contributed by atoms with Crippen molar-refractivity contribution < 1.29 is 22.3 Å². The van der Waals surface area contributed by atoms with Crippen LogP contribution in [0.5, 0.6) is 0 Å². The number of carbonyl (C=O) groups excluding carboxylic acids is 1. The molecule has 0 bridgehead atoms. The van der Waals surface area contributed by atoms with E-state index in [0.717, 1.165) is 15.7 Å². The second kappa shape index (κ2) is 9.45. The standard InChI is InChI=1S/C23H20ClFN6O4S/c1-13-2-4-15(5-3-13)36(33,34)31-11-17(16-8-14(24)9-28-22(16)31)20-27-10-18(25)21(30-20)29-19-12-35-7-6-26-23(19)32/h2-5,8-11,19H,6-7,12H2,1H3,(H,26,32)(H,27,29,30). The summed E-state index contributed by atoms with van der Waals surface area (Å²) in [5.41, 5.74) is 1.28. The molecule has 1 fully saturated rings. The van der Waals surface area contributed by atoms with Crippen LogP contribution in [-0.2, 0) is 19.6 Å². The molecule has 1 unspecified atom stereocenters. The van der Waals surface area contributed by atoms with Gasteiger partial charge in [0.25, 0.3) is 10.0 Å². The van der Waals surface area contributed by atoms with E-state index in [2.05, 4.69) is 25.6 Å². The van der Waals surface area contributed by atoms with E-state index >= 15 is 0 Å². The van der Waals surface area contributed by atoms with Gasteiger partial charge in [0.15, 0.2) is 23.1 Å². The van der Waals surface area contributed by atoms with Crippen molar-refractivity contribution in [2.75, 3.05) is 25.1 Å². The maximum Gasteiger partial charge on any atom is 0.269 e. The zero-order valence-corrected chi connectivity index (χ0v) is 20.5. The van der Waals surface area contributed by atoms with E-state index in [1.54, 1.807) is 12.1 Å². The zero-order chi connectivity index (χ0) is 25.4. The lowest BCUT2D eigenvalue weighted by atomic mass is 10.2. The van der Waals surface area contributed by atoms with Crippen molar-refractivity contribution in [3.63, 3.8) is 0 Å². The molecule has 10 nitrogen and oxygen atoms in total. The van der Waals surface area contributed by atoms with Gasteiger partial charge in [-0.15, -0.1) is 0 Å². The average Bonchev–Trinajstić information content (AvgIpc) is 3.12. The van der Waals surface area contributed by atoms with E-state index in [4.69, 9.17) is 16.3 Å². The second-order valence-corrected chi connectivity index (χ2v) is 10.4. The summed E-state index contributed by atoms with van der Waals surface area (Å²) in [6.07, 6.45) is 3.59. The Morgan fingerprint density at radius 3 is 2.78 bits per heavy atom. The first-order chi connectivity index (χ1) is 17.2. The van der Waals surface area contributed by atoms with Crippen molar-refractivity contribution in [1.82, 2.24) is 24.2 Å². The maximum atomic E-state index is 14.6. The minimum absolute atomic E-state index is 0.0146. The number of benzene rings is 1. The van der Waals surface area contributed by atoms with Gasteiger partial charge >= 0.3 is 0 Å². The van der Waals surface area contributed by atoms with Gasteiger partial charge in [0.2, 0.25) is 5.91 Å². The van der Waals surface area contributed by atoms with Gasteiger partial charge < -0.3 is 15.4 Å². The molecule has 4 aromatic rings. The Hall–Kier alpha value is -3.61. The van der Waals surface area contributed by atoms with Crippen LogP contribution in [0.25, 0.3) is 22.4 Å². The first-order valence-corrected chi connectivity index (χ1v) is 12.7. The van der Waals surface area contributed by atoms with Gasteiger partial charge in [-0.1, -0.05) is 29.3 Å². The Morgan fingerprint density at radius 2 is 2.00 bits per heavy atom. The van der Waals surface area contributed by atoms with E-state index in [1.165, 1.54) is 30.6 Å². The fourth-order valence-corrected chi connectivity index (χ4v) is 5.24. The van der Waals surface area contributed by atoms with Crippen molar-refractivity contribution in [2.24, 2.45) is 0 Å². The molecular weight excluding hydrogens is 511 g/mol. The summed E-state index contributed by atoms with van der Waals surface area (Å²) < 4.78 is 47.9. The highest BCUT2D eigenvalue weighted by Crippen LogP contribution is 2.32. The Bertz CT molecular complexity index is 1580. The Kier molecular flexibility index (Phi) is 6.33. The van der Waals surface area contributed by atoms with Crippen LogP contribution in [0.2, 0.25) is 5.02 Å². The van der Waals surface area contributed by atoms with Crippen molar-refractivity contribution >= 4 is 44.4 Å². The lowest BCUT2D eigenvalue weighted by molar-refractivity contribution is -0.121. The number of hydrogen-bond donors (Lipinski definition) is 2. The molecule has 1 amide bonds. The fraction of sp³-hybridized carbons (Fsp3) is 0.217. The van der Waals surface area contributed by atoms with Crippen LogP contribution in [0.4, 0.5) is 10.2 Å². The van der Waals surface area contributed by atoms with Gasteiger partial charge in [-0.2, -0.15) is 0 Å². The van der Waals surface area contributed by atoms with Crippen LogP contribution >= 0.6 is 11.6 Å². The minimum Gasteiger partial charge on any atom is -0.377 e. The molecule has 1 atom stereocenters. The number of rotatable bonds is 5. The Balaban J connectivity index is 1.62. The molecule has 186 valence electrons. The van der Waals surface area contributed by atoms with Crippen molar-refractivity contribution in [3.8, 4) is 11.4 Å². The van der Waals surface area contributed by atoms with Crippen LogP contribution in [0.15, 0.2) is 53.8 Å². The molecular formula is C23H20ClFN6O4S. The van der Waals surface area contributed by atoms with E-state index in [0.29, 0.717) is 18.5 Å². The third kappa shape index (κ3) is 4.50. The highest BCUT2D eigenvalue weighted by Gasteiger charge is 2.26. The van der Waals surface area contributed by atoms with Gasteiger partial charge in [-0.05, 0) is 25.1 Å². The summed E-state index contributed by atoms with van der Waals surface area (Å²) in [6, 6.07) is 7.05. The number of pyridine rings is 1. The minimum atomic E-state index is -4.04. The summed E-state index contributed by atoms with van der Waals surface area (Å²) >= 11 is 6.16. The normalized spacial score (nSPS) is 16.5. The van der Waals surface area contributed by atoms with Crippen LogP contribution in [0.1, 0.15) is 5.56 Å². The highest BCUT2D eigenvalue weighted by atomic mass is 35.5. The Labute approximate surface area is 210 Å². The molecule has 1 aliphatic heterocycles. The molecule has 1 aliphatic rings. The number of nitrogens with zero attached hydrogens (tertiary/aromatic N) is 4. The number of hydrogen-bond acceptors (Lipinski definition) is 8. The predicted molar refractivity (Wildman–Crippen MR) is 131 cm³/mol. The SMILES string of the molecule is Cc1ccc(S(=O)(=O)n2cc(-c3ncc(F)c(NC4COCCNC4=O)n3)c3cc(Cl)cnc32)cc1. The smallest absolute Gasteiger partial charge is 0.269 e. The summed E-state index contributed by atoms with van der Waals surface area (Å²) in [7, 11) is -4.04. The van der Waals surface area contributed by atoms with Gasteiger partial charge in [0, 0.05) is 29.9 Å². The van der Waals surface area contributed by atoms with Crippen molar-refractivity contribution in [3.05, 3.63) is 65.3 Å². The van der Waals surface area contributed by atoms with Gasteiger partial charge in [-0.25, -0.2) is 31.7 Å². The number of anilines is 1. The van der Waals surface area contributed by atoms with E-state index in [9.17, 15) is 17.6 Å². The monoisotopic (exact) mass is 530 g/mol. The molecule has 0 spiro atoms. The molecule has 5 rings (SSSR count). The zero-order valence-electron chi connectivity index (χ0n) is 18.9. The van der Waals surface area contributed by atoms with Crippen molar-refractivity contribution in [2.45, 2.75) is 17.9 Å². The third-order valence-corrected chi connectivity index (χ3v) is 7.47. The van der Waals surface area contributed by atoms with Crippen LogP contribution in [0.3, 0.4) is 0 Å². The molecule has 1 aromatic carbocycles. The molecule has 3 aromatic heterocycles. The van der Waals surface area contributed by atoms with Crippen molar-refractivity contribution in [1.29, 1.82) is 0 Å². The lowest BCUT2D eigenvalue weighted by Gasteiger charge is -2.16. The fourth-order valence-electron chi connectivity index (χ4n) is 3.76. The molecule has 1 saturated heterocycles. The number of nitrogens with one attached hydrogen (secondary N) is 2. The molecule has 0 aliphatic carbocycles. The quantitative estimate of drug-likeness (QED) is 0.403. The third-order valence-electron chi connectivity index (χ3n) is 5.60. The first kappa shape index (κ1) is 24.1.